The van der Waals surface area contributed by atoms with Crippen molar-refractivity contribution in [2.45, 2.75) is 20.3 Å². The number of carbonyl (C=O) groups excluding carboxylic acids is 2. The number of nitrogens with one attached hydrogen (secondary N) is 1. The second-order valence-corrected chi connectivity index (χ2v) is 5.14. The number of halogens is 1. The van der Waals surface area contributed by atoms with Gasteiger partial charge in [0, 0.05) is 5.69 Å². The van der Waals surface area contributed by atoms with Crippen LogP contribution in [0.2, 0.25) is 0 Å². The topological polar surface area (TPSA) is 55.4 Å². The Labute approximate surface area is 134 Å². The van der Waals surface area contributed by atoms with Crippen molar-refractivity contribution in [2.75, 3.05) is 11.9 Å². The van der Waals surface area contributed by atoms with Gasteiger partial charge in [-0.3, -0.25) is 4.79 Å². The number of anilines is 1. The van der Waals surface area contributed by atoms with Crippen molar-refractivity contribution in [3.63, 3.8) is 0 Å². The Morgan fingerprint density at radius 2 is 1.83 bits per heavy atom. The van der Waals surface area contributed by atoms with Gasteiger partial charge in [0.15, 0.2) is 6.61 Å². The molecule has 120 valence electrons. The molecule has 0 spiro atoms. The maximum atomic E-state index is 13.4. The van der Waals surface area contributed by atoms with Gasteiger partial charge < -0.3 is 10.1 Å². The summed E-state index contributed by atoms with van der Waals surface area (Å²) < 4.78 is 18.3. The molecule has 0 aliphatic heterocycles. The zero-order valence-corrected chi connectivity index (χ0v) is 13.1. The van der Waals surface area contributed by atoms with E-state index in [1.807, 2.05) is 19.1 Å². The number of ether oxygens (including phenoxy) is 1. The molecule has 0 bridgehead atoms. The molecule has 2 aromatic carbocycles. The Bertz CT molecular complexity index is 711. The van der Waals surface area contributed by atoms with Crippen molar-refractivity contribution >= 4 is 17.6 Å². The Morgan fingerprint density at radius 1 is 1.13 bits per heavy atom. The third-order valence-electron chi connectivity index (χ3n) is 3.39. The monoisotopic (exact) mass is 315 g/mol. The summed E-state index contributed by atoms with van der Waals surface area (Å²) in [5, 5.41) is 2.48. The van der Waals surface area contributed by atoms with E-state index < -0.39 is 24.3 Å². The fourth-order valence-electron chi connectivity index (χ4n) is 1.96. The molecule has 0 saturated carbocycles. The molecule has 2 aromatic rings. The number of benzene rings is 2. The zero-order chi connectivity index (χ0) is 16.8. The quantitative estimate of drug-likeness (QED) is 0.859. The molecule has 5 heteroatoms. The molecule has 0 atom stereocenters. The molecule has 1 N–H and O–H groups in total. The third-order valence-corrected chi connectivity index (χ3v) is 3.39. The molecule has 23 heavy (non-hydrogen) atoms. The molecule has 0 fully saturated rings. The van der Waals surface area contributed by atoms with Crippen LogP contribution in [0.4, 0.5) is 10.1 Å². The van der Waals surface area contributed by atoms with Gasteiger partial charge in [0.05, 0.1) is 5.56 Å². The lowest BCUT2D eigenvalue weighted by atomic mass is 10.1. The maximum absolute atomic E-state index is 13.4. The van der Waals surface area contributed by atoms with Crippen molar-refractivity contribution in [1.82, 2.24) is 0 Å². The predicted molar refractivity (Wildman–Crippen MR) is 85.9 cm³/mol. The number of hydrogen-bond acceptors (Lipinski definition) is 3. The standard InChI is InChI=1S/C18H18FNO3/c1-3-13-5-7-14(8-6-13)18(22)23-11-17(21)20-15-9-4-12(2)16(19)10-15/h4-10H,3,11H2,1-2H3,(H,20,21). The minimum absolute atomic E-state index is 0.321. The van der Waals surface area contributed by atoms with Crippen LogP contribution in [0.3, 0.4) is 0 Å². The summed E-state index contributed by atoms with van der Waals surface area (Å²) in [7, 11) is 0. The Kier molecular flexibility index (Phi) is 5.46. The molecule has 0 aliphatic carbocycles. The summed E-state index contributed by atoms with van der Waals surface area (Å²) >= 11 is 0. The summed E-state index contributed by atoms with van der Waals surface area (Å²) in [6.45, 7) is 3.22. The van der Waals surface area contributed by atoms with E-state index in [0.717, 1.165) is 12.0 Å². The second-order valence-electron chi connectivity index (χ2n) is 5.14. The van der Waals surface area contributed by atoms with Crippen LogP contribution < -0.4 is 5.32 Å². The second kappa shape index (κ2) is 7.54. The number of aryl methyl sites for hydroxylation is 2. The highest BCUT2D eigenvalue weighted by molar-refractivity contribution is 5.95. The first-order valence-corrected chi connectivity index (χ1v) is 7.31. The fourth-order valence-corrected chi connectivity index (χ4v) is 1.96. The van der Waals surface area contributed by atoms with Gasteiger partial charge in [0.25, 0.3) is 5.91 Å². The highest BCUT2D eigenvalue weighted by Gasteiger charge is 2.11. The van der Waals surface area contributed by atoms with E-state index in [4.69, 9.17) is 4.74 Å². The highest BCUT2D eigenvalue weighted by atomic mass is 19.1. The zero-order valence-electron chi connectivity index (χ0n) is 13.1. The van der Waals surface area contributed by atoms with E-state index in [0.29, 0.717) is 16.8 Å². The number of amides is 1. The molecule has 0 saturated heterocycles. The average molecular weight is 315 g/mol. The fraction of sp³-hybridized carbons (Fsp3) is 0.222. The van der Waals surface area contributed by atoms with Crippen LogP contribution in [0, 0.1) is 12.7 Å². The SMILES string of the molecule is CCc1ccc(C(=O)OCC(=O)Nc2ccc(C)c(F)c2)cc1. The van der Waals surface area contributed by atoms with Gasteiger partial charge in [0.1, 0.15) is 5.82 Å². The minimum Gasteiger partial charge on any atom is -0.452 e. The van der Waals surface area contributed by atoms with Crippen LogP contribution in [-0.2, 0) is 16.0 Å². The van der Waals surface area contributed by atoms with E-state index in [2.05, 4.69) is 5.32 Å². The van der Waals surface area contributed by atoms with Crippen molar-refractivity contribution < 1.29 is 18.7 Å². The minimum atomic E-state index is -0.571. The first-order chi connectivity index (χ1) is 11.0. The van der Waals surface area contributed by atoms with E-state index in [1.54, 1.807) is 31.2 Å². The summed E-state index contributed by atoms with van der Waals surface area (Å²) in [6, 6.07) is 11.4. The maximum Gasteiger partial charge on any atom is 0.338 e. The van der Waals surface area contributed by atoms with E-state index in [9.17, 15) is 14.0 Å². The molecular formula is C18H18FNO3. The van der Waals surface area contributed by atoms with E-state index in [1.165, 1.54) is 6.07 Å². The first-order valence-electron chi connectivity index (χ1n) is 7.31. The van der Waals surface area contributed by atoms with Gasteiger partial charge in [-0.05, 0) is 48.7 Å². The van der Waals surface area contributed by atoms with Crippen LogP contribution in [0.15, 0.2) is 42.5 Å². The van der Waals surface area contributed by atoms with Crippen molar-refractivity contribution in [3.8, 4) is 0 Å². The molecule has 1 amide bonds. The van der Waals surface area contributed by atoms with Gasteiger partial charge in [-0.25, -0.2) is 9.18 Å². The summed E-state index contributed by atoms with van der Waals surface area (Å²) in [5.41, 5.74) is 2.31. The van der Waals surface area contributed by atoms with Crippen LogP contribution in [0.25, 0.3) is 0 Å². The highest BCUT2D eigenvalue weighted by Crippen LogP contribution is 2.13. The lowest BCUT2D eigenvalue weighted by Crippen LogP contribution is -2.21. The van der Waals surface area contributed by atoms with Gasteiger partial charge in [-0.15, -0.1) is 0 Å². The van der Waals surface area contributed by atoms with Gasteiger partial charge >= 0.3 is 5.97 Å². The lowest BCUT2D eigenvalue weighted by molar-refractivity contribution is -0.119. The average Bonchev–Trinajstić information content (AvgIpc) is 2.56. The van der Waals surface area contributed by atoms with Crippen LogP contribution in [0.1, 0.15) is 28.4 Å². The molecule has 4 nitrogen and oxygen atoms in total. The van der Waals surface area contributed by atoms with Crippen molar-refractivity contribution in [2.24, 2.45) is 0 Å². The van der Waals surface area contributed by atoms with Crippen LogP contribution >= 0.6 is 0 Å². The van der Waals surface area contributed by atoms with Gasteiger partial charge in [0.2, 0.25) is 0 Å². The first kappa shape index (κ1) is 16.7. The van der Waals surface area contributed by atoms with Crippen molar-refractivity contribution in [3.05, 3.63) is 65.0 Å². The Hall–Kier alpha value is -2.69. The Balaban J connectivity index is 1.87. The third kappa shape index (κ3) is 4.64. The van der Waals surface area contributed by atoms with Gasteiger partial charge in [-0.1, -0.05) is 25.1 Å². The van der Waals surface area contributed by atoms with E-state index in [-0.39, 0.29) is 0 Å². The molecule has 0 heterocycles. The molecule has 0 aliphatic rings. The molecular weight excluding hydrogens is 297 g/mol. The summed E-state index contributed by atoms with van der Waals surface area (Å²) in [5.74, 6) is -1.50. The smallest absolute Gasteiger partial charge is 0.338 e. The molecule has 0 unspecified atom stereocenters. The van der Waals surface area contributed by atoms with Gasteiger partial charge in [-0.2, -0.15) is 0 Å². The number of carbonyl (C=O) groups is 2. The predicted octanol–water partition coefficient (Wildman–Crippen LogP) is 3.49. The Morgan fingerprint density at radius 3 is 2.43 bits per heavy atom. The van der Waals surface area contributed by atoms with Crippen LogP contribution in [0.5, 0.6) is 0 Å². The van der Waals surface area contributed by atoms with Crippen LogP contribution in [-0.4, -0.2) is 18.5 Å². The number of hydrogen-bond donors (Lipinski definition) is 1. The van der Waals surface area contributed by atoms with E-state index >= 15 is 0 Å². The molecule has 0 radical (unpaired) electrons. The number of rotatable bonds is 5. The summed E-state index contributed by atoms with van der Waals surface area (Å²) in [4.78, 5) is 23.6. The normalized spacial score (nSPS) is 10.2. The number of esters is 1. The molecule has 0 aromatic heterocycles. The lowest BCUT2D eigenvalue weighted by Gasteiger charge is -2.08. The molecule has 2 rings (SSSR count). The largest absolute Gasteiger partial charge is 0.452 e. The van der Waals surface area contributed by atoms with Crippen molar-refractivity contribution in [1.29, 1.82) is 0 Å². The summed E-state index contributed by atoms with van der Waals surface area (Å²) in [6.07, 6.45) is 0.880.